The summed E-state index contributed by atoms with van der Waals surface area (Å²) < 4.78 is 5.28. The third-order valence-corrected chi connectivity index (χ3v) is 5.48. The zero-order valence-electron chi connectivity index (χ0n) is 13.2. The molecule has 1 heterocycles. The number of hydrogen-bond acceptors (Lipinski definition) is 3. The molecule has 3 heteroatoms. The summed E-state index contributed by atoms with van der Waals surface area (Å²) in [6.07, 6.45) is 6.50. The zero-order chi connectivity index (χ0) is 13.9. The van der Waals surface area contributed by atoms with Crippen molar-refractivity contribution in [2.45, 2.75) is 70.5 Å². The predicted octanol–water partition coefficient (Wildman–Crippen LogP) is 2.65. The van der Waals surface area contributed by atoms with Crippen LogP contribution in [-0.2, 0) is 4.74 Å². The smallest absolute Gasteiger partial charge is 0.0477 e. The number of nitrogens with one attached hydrogen (secondary N) is 1. The molecule has 0 radical (unpaired) electrons. The summed E-state index contributed by atoms with van der Waals surface area (Å²) in [5.74, 6) is 0.948. The standard InChI is InChI=1S/C16H32N2O/c1-5-16(6-2)12-17-15(14-7-8-14)11-18(16)13(3)9-10-19-4/h13-15,17H,5-12H2,1-4H3. The van der Waals surface area contributed by atoms with E-state index in [1.807, 2.05) is 7.11 Å². The lowest BCUT2D eigenvalue weighted by Crippen LogP contribution is -2.66. The van der Waals surface area contributed by atoms with E-state index < -0.39 is 0 Å². The molecule has 1 aliphatic heterocycles. The maximum Gasteiger partial charge on any atom is 0.0477 e. The maximum absolute atomic E-state index is 5.28. The Kier molecular flexibility index (Phi) is 5.27. The van der Waals surface area contributed by atoms with E-state index in [9.17, 15) is 0 Å². The molecule has 0 aromatic heterocycles. The lowest BCUT2D eigenvalue weighted by atomic mass is 9.85. The Morgan fingerprint density at radius 1 is 1.32 bits per heavy atom. The lowest BCUT2D eigenvalue weighted by molar-refractivity contribution is -0.0117. The molecule has 1 saturated carbocycles. The number of nitrogens with zero attached hydrogens (tertiary/aromatic N) is 1. The molecule has 2 rings (SSSR count). The van der Waals surface area contributed by atoms with Crippen molar-refractivity contribution < 1.29 is 4.74 Å². The molecule has 0 amide bonds. The van der Waals surface area contributed by atoms with Crippen molar-refractivity contribution in [2.75, 3.05) is 26.8 Å². The van der Waals surface area contributed by atoms with Crippen molar-refractivity contribution in [3.05, 3.63) is 0 Å². The van der Waals surface area contributed by atoms with E-state index in [0.717, 1.165) is 25.0 Å². The third kappa shape index (κ3) is 3.32. The third-order valence-electron chi connectivity index (χ3n) is 5.48. The summed E-state index contributed by atoms with van der Waals surface area (Å²) in [6, 6.07) is 1.36. The molecule has 1 aliphatic carbocycles. The Bertz CT molecular complexity index is 274. The molecule has 0 aromatic carbocycles. The molecule has 2 atom stereocenters. The molecule has 0 aromatic rings. The predicted molar refractivity (Wildman–Crippen MR) is 80.5 cm³/mol. The van der Waals surface area contributed by atoms with Crippen LogP contribution in [0.3, 0.4) is 0 Å². The van der Waals surface area contributed by atoms with E-state index in [0.29, 0.717) is 11.6 Å². The fourth-order valence-electron chi connectivity index (χ4n) is 3.70. The second-order valence-electron chi connectivity index (χ2n) is 6.54. The zero-order valence-corrected chi connectivity index (χ0v) is 13.2. The molecule has 2 fully saturated rings. The lowest BCUT2D eigenvalue weighted by Gasteiger charge is -2.52. The summed E-state index contributed by atoms with van der Waals surface area (Å²) in [5, 5.41) is 3.84. The fraction of sp³-hybridized carbons (Fsp3) is 1.00. The minimum absolute atomic E-state index is 0.360. The minimum Gasteiger partial charge on any atom is -0.385 e. The van der Waals surface area contributed by atoms with Gasteiger partial charge in [0.15, 0.2) is 0 Å². The number of methoxy groups -OCH3 is 1. The number of ether oxygens (including phenoxy) is 1. The van der Waals surface area contributed by atoms with Crippen molar-refractivity contribution >= 4 is 0 Å². The second kappa shape index (κ2) is 6.55. The summed E-state index contributed by atoms with van der Waals surface area (Å²) in [6.45, 7) is 10.4. The monoisotopic (exact) mass is 268 g/mol. The highest BCUT2D eigenvalue weighted by atomic mass is 16.5. The van der Waals surface area contributed by atoms with Gasteiger partial charge in [-0.15, -0.1) is 0 Å². The van der Waals surface area contributed by atoms with E-state index in [4.69, 9.17) is 4.74 Å². The number of piperazine rings is 1. The summed E-state index contributed by atoms with van der Waals surface area (Å²) in [7, 11) is 1.81. The minimum atomic E-state index is 0.360. The first kappa shape index (κ1) is 15.3. The van der Waals surface area contributed by atoms with Gasteiger partial charge in [-0.2, -0.15) is 0 Å². The van der Waals surface area contributed by atoms with Crippen molar-refractivity contribution in [3.8, 4) is 0 Å². The molecule has 112 valence electrons. The van der Waals surface area contributed by atoms with Crippen LogP contribution in [0, 0.1) is 5.92 Å². The molecule has 1 saturated heterocycles. The summed E-state index contributed by atoms with van der Waals surface area (Å²) in [5.41, 5.74) is 0.360. The molecule has 0 spiro atoms. The highest BCUT2D eigenvalue weighted by Crippen LogP contribution is 2.38. The van der Waals surface area contributed by atoms with Crippen molar-refractivity contribution in [1.82, 2.24) is 10.2 Å². The molecule has 1 N–H and O–H groups in total. The Hall–Kier alpha value is -0.120. The first-order valence-electron chi connectivity index (χ1n) is 8.16. The molecule has 2 unspecified atom stereocenters. The van der Waals surface area contributed by atoms with Gasteiger partial charge in [0.1, 0.15) is 0 Å². The molecule has 3 nitrogen and oxygen atoms in total. The average molecular weight is 268 g/mol. The van der Waals surface area contributed by atoms with Crippen LogP contribution in [-0.4, -0.2) is 49.3 Å². The Morgan fingerprint density at radius 3 is 2.53 bits per heavy atom. The Balaban J connectivity index is 2.05. The van der Waals surface area contributed by atoms with Gasteiger partial charge in [-0.25, -0.2) is 0 Å². The van der Waals surface area contributed by atoms with Gasteiger partial charge in [-0.3, -0.25) is 4.90 Å². The SMILES string of the molecule is CCC1(CC)CNC(C2CC2)CN1C(C)CCOC. The van der Waals surface area contributed by atoms with Crippen LogP contribution in [0.5, 0.6) is 0 Å². The van der Waals surface area contributed by atoms with Crippen LogP contribution in [0.4, 0.5) is 0 Å². The first-order chi connectivity index (χ1) is 9.16. The van der Waals surface area contributed by atoms with E-state index in [1.54, 1.807) is 0 Å². The molecule has 0 bridgehead atoms. The number of rotatable bonds is 7. The largest absolute Gasteiger partial charge is 0.385 e. The first-order valence-corrected chi connectivity index (χ1v) is 8.16. The molecular formula is C16H32N2O. The Morgan fingerprint density at radius 2 is 2.00 bits per heavy atom. The van der Waals surface area contributed by atoms with E-state index in [1.165, 1.54) is 38.8 Å². The topological polar surface area (TPSA) is 24.5 Å². The highest BCUT2D eigenvalue weighted by Gasteiger charge is 2.44. The average Bonchev–Trinajstić information content (AvgIpc) is 3.28. The highest BCUT2D eigenvalue weighted by molar-refractivity contribution is 5.02. The second-order valence-corrected chi connectivity index (χ2v) is 6.54. The van der Waals surface area contributed by atoms with E-state index in [2.05, 4.69) is 31.0 Å². The summed E-state index contributed by atoms with van der Waals surface area (Å²) in [4.78, 5) is 2.80. The van der Waals surface area contributed by atoms with Crippen LogP contribution in [0.15, 0.2) is 0 Å². The van der Waals surface area contributed by atoms with Crippen molar-refractivity contribution in [3.63, 3.8) is 0 Å². The van der Waals surface area contributed by atoms with Crippen LogP contribution in [0.2, 0.25) is 0 Å². The quantitative estimate of drug-likeness (QED) is 0.768. The fourth-order valence-corrected chi connectivity index (χ4v) is 3.70. The van der Waals surface area contributed by atoms with Gasteiger partial charge in [-0.1, -0.05) is 13.8 Å². The number of hydrogen-bond donors (Lipinski definition) is 1. The maximum atomic E-state index is 5.28. The van der Waals surface area contributed by atoms with Gasteiger partial charge in [0.25, 0.3) is 0 Å². The summed E-state index contributed by atoms with van der Waals surface area (Å²) >= 11 is 0. The van der Waals surface area contributed by atoms with Gasteiger partial charge >= 0.3 is 0 Å². The van der Waals surface area contributed by atoms with Gasteiger partial charge in [0.05, 0.1) is 0 Å². The van der Waals surface area contributed by atoms with Crippen LogP contribution >= 0.6 is 0 Å². The van der Waals surface area contributed by atoms with Gasteiger partial charge < -0.3 is 10.1 Å². The van der Waals surface area contributed by atoms with E-state index >= 15 is 0 Å². The molecular weight excluding hydrogens is 236 g/mol. The van der Waals surface area contributed by atoms with Crippen molar-refractivity contribution in [1.29, 1.82) is 0 Å². The normalized spacial score (nSPS) is 29.4. The Labute approximate surface area is 119 Å². The molecule has 19 heavy (non-hydrogen) atoms. The molecule has 2 aliphatic rings. The van der Waals surface area contributed by atoms with E-state index in [-0.39, 0.29) is 0 Å². The van der Waals surface area contributed by atoms with Crippen LogP contribution in [0.25, 0.3) is 0 Å². The van der Waals surface area contributed by atoms with Gasteiger partial charge in [0.2, 0.25) is 0 Å². The van der Waals surface area contributed by atoms with Gasteiger partial charge in [-0.05, 0) is 44.9 Å². The van der Waals surface area contributed by atoms with Crippen LogP contribution < -0.4 is 5.32 Å². The van der Waals surface area contributed by atoms with Crippen LogP contribution in [0.1, 0.15) is 52.9 Å². The van der Waals surface area contributed by atoms with Crippen molar-refractivity contribution in [2.24, 2.45) is 5.92 Å². The van der Waals surface area contributed by atoms with Gasteiger partial charge in [0, 0.05) is 44.4 Å².